The van der Waals surface area contributed by atoms with Gasteiger partial charge in [-0.05, 0) is 42.5 Å². The maximum atomic E-state index is 12.6. The summed E-state index contributed by atoms with van der Waals surface area (Å²) in [4.78, 5) is 22.5. The van der Waals surface area contributed by atoms with Gasteiger partial charge in [0.15, 0.2) is 0 Å². The van der Waals surface area contributed by atoms with Crippen LogP contribution in [-0.2, 0) is 23.0 Å². The average Bonchev–Trinajstić information content (AvgIpc) is 2.64. The van der Waals surface area contributed by atoms with Crippen LogP contribution >= 0.6 is 0 Å². The van der Waals surface area contributed by atoms with E-state index >= 15 is 0 Å². The largest absolute Gasteiger partial charge is 0.333 e. The molecule has 1 aromatic carbocycles. The molecule has 0 saturated heterocycles. The third-order valence-electron chi connectivity index (χ3n) is 5.00. The lowest BCUT2D eigenvalue weighted by atomic mass is 9.94. The van der Waals surface area contributed by atoms with Crippen LogP contribution in [0.5, 0.6) is 0 Å². The van der Waals surface area contributed by atoms with E-state index in [0.717, 1.165) is 30.4 Å². The summed E-state index contributed by atoms with van der Waals surface area (Å²) in [7, 11) is -3.52. The molecule has 2 aromatic rings. The predicted octanol–water partition coefficient (Wildman–Crippen LogP) is 1.51. The molecule has 0 radical (unpaired) electrons. The van der Waals surface area contributed by atoms with Gasteiger partial charge >= 0.3 is 0 Å². The number of rotatable bonds is 4. The van der Waals surface area contributed by atoms with Gasteiger partial charge in [-0.1, -0.05) is 12.5 Å². The minimum absolute atomic E-state index is 0.0470. The van der Waals surface area contributed by atoms with Crippen molar-refractivity contribution in [2.24, 2.45) is 0 Å². The number of carbonyl (C=O) groups is 1. The lowest BCUT2D eigenvalue weighted by molar-refractivity contribution is 0.0728. The minimum Gasteiger partial charge on any atom is -0.333 e. The predicted molar refractivity (Wildman–Crippen MR) is 94.9 cm³/mol. The lowest BCUT2D eigenvalue weighted by Gasteiger charge is -2.29. The fraction of sp³-hybridized carbons (Fsp3) is 0.389. The van der Waals surface area contributed by atoms with Crippen LogP contribution < -0.4 is 4.72 Å². The standard InChI is InChI=1S/C18H20N4O3S/c23-18(17-11-19-7-8-20-17)22-9-6-13-4-5-16(10-14(13)12-22)26(24,25)21-15-2-1-3-15/h4-5,7-8,10-11,15,21H,1-3,6,9,12H2. The van der Waals surface area contributed by atoms with Crippen LogP contribution in [0, 0.1) is 0 Å². The number of nitrogens with one attached hydrogen (secondary N) is 1. The van der Waals surface area contributed by atoms with Crippen molar-refractivity contribution in [2.45, 2.75) is 43.2 Å². The minimum atomic E-state index is -3.52. The van der Waals surface area contributed by atoms with E-state index in [-0.39, 0.29) is 16.8 Å². The molecule has 0 spiro atoms. The van der Waals surface area contributed by atoms with Crippen LogP contribution in [0.2, 0.25) is 0 Å². The Morgan fingerprint density at radius 3 is 2.73 bits per heavy atom. The maximum absolute atomic E-state index is 12.6. The van der Waals surface area contributed by atoms with Crippen LogP contribution in [0.4, 0.5) is 0 Å². The fourth-order valence-corrected chi connectivity index (χ4v) is 4.61. The summed E-state index contributed by atoms with van der Waals surface area (Å²) in [6.45, 7) is 0.951. The molecule has 0 unspecified atom stereocenters. The summed E-state index contributed by atoms with van der Waals surface area (Å²) in [5.74, 6) is -0.190. The van der Waals surface area contributed by atoms with E-state index in [4.69, 9.17) is 0 Å². The third-order valence-corrected chi connectivity index (χ3v) is 6.51. The Labute approximate surface area is 152 Å². The zero-order chi connectivity index (χ0) is 18.1. The monoisotopic (exact) mass is 372 g/mol. The van der Waals surface area contributed by atoms with Gasteiger partial charge in [0.1, 0.15) is 5.69 Å². The molecule has 4 rings (SSSR count). The summed E-state index contributed by atoms with van der Waals surface area (Å²) in [5.41, 5.74) is 2.24. The molecule has 7 nitrogen and oxygen atoms in total. The van der Waals surface area contributed by atoms with Gasteiger partial charge in [0.25, 0.3) is 5.91 Å². The molecular weight excluding hydrogens is 352 g/mol. The Bertz CT molecular complexity index is 927. The Kier molecular flexibility index (Phi) is 4.46. The van der Waals surface area contributed by atoms with Crippen molar-refractivity contribution < 1.29 is 13.2 Å². The Morgan fingerprint density at radius 2 is 2.04 bits per heavy atom. The number of fused-ring (bicyclic) bond motifs is 1. The maximum Gasteiger partial charge on any atom is 0.274 e. The normalized spacial score (nSPS) is 17.5. The van der Waals surface area contributed by atoms with E-state index in [0.29, 0.717) is 25.2 Å². The topological polar surface area (TPSA) is 92.3 Å². The molecule has 2 heterocycles. The highest BCUT2D eigenvalue weighted by atomic mass is 32.2. The molecule has 1 aliphatic heterocycles. The molecule has 1 aliphatic carbocycles. The summed E-state index contributed by atoms with van der Waals surface area (Å²) >= 11 is 0. The number of nitrogens with zero attached hydrogens (tertiary/aromatic N) is 3. The number of aromatic nitrogens is 2. The van der Waals surface area contributed by atoms with Gasteiger partial charge < -0.3 is 4.90 Å². The zero-order valence-corrected chi connectivity index (χ0v) is 15.1. The van der Waals surface area contributed by atoms with Crippen molar-refractivity contribution in [1.82, 2.24) is 19.6 Å². The molecule has 1 amide bonds. The van der Waals surface area contributed by atoms with Gasteiger partial charge in [-0.3, -0.25) is 9.78 Å². The van der Waals surface area contributed by atoms with Crippen molar-refractivity contribution in [1.29, 1.82) is 0 Å². The summed E-state index contributed by atoms with van der Waals surface area (Å²) in [6.07, 6.45) is 8.00. The summed E-state index contributed by atoms with van der Waals surface area (Å²) < 4.78 is 27.8. The van der Waals surface area contributed by atoms with Crippen molar-refractivity contribution in [3.05, 3.63) is 53.6 Å². The second kappa shape index (κ2) is 6.77. The molecule has 1 fully saturated rings. The van der Waals surface area contributed by atoms with Crippen molar-refractivity contribution in [3.63, 3.8) is 0 Å². The molecular formula is C18H20N4O3S. The van der Waals surface area contributed by atoms with Crippen molar-refractivity contribution in [3.8, 4) is 0 Å². The molecule has 2 aliphatic rings. The smallest absolute Gasteiger partial charge is 0.274 e. The fourth-order valence-electron chi connectivity index (χ4n) is 3.26. The molecule has 1 N–H and O–H groups in total. The van der Waals surface area contributed by atoms with E-state index in [1.54, 1.807) is 17.0 Å². The quantitative estimate of drug-likeness (QED) is 0.878. The summed E-state index contributed by atoms with van der Waals surface area (Å²) in [5, 5.41) is 0. The van der Waals surface area contributed by atoms with Crippen LogP contribution in [0.1, 0.15) is 40.9 Å². The van der Waals surface area contributed by atoms with Crippen LogP contribution in [0.15, 0.2) is 41.7 Å². The highest BCUT2D eigenvalue weighted by Crippen LogP contribution is 2.25. The molecule has 1 saturated carbocycles. The first kappa shape index (κ1) is 17.1. The highest BCUT2D eigenvalue weighted by molar-refractivity contribution is 7.89. The molecule has 136 valence electrons. The number of benzene rings is 1. The first-order chi connectivity index (χ1) is 12.5. The Balaban J connectivity index is 1.55. The Morgan fingerprint density at radius 1 is 1.19 bits per heavy atom. The van der Waals surface area contributed by atoms with Gasteiger partial charge in [0.2, 0.25) is 10.0 Å². The number of hydrogen-bond acceptors (Lipinski definition) is 5. The number of carbonyl (C=O) groups excluding carboxylic acids is 1. The van der Waals surface area contributed by atoms with E-state index in [2.05, 4.69) is 14.7 Å². The lowest BCUT2D eigenvalue weighted by Crippen LogP contribution is -2.39. The zero-order valence-electron chi connectivity index (χ0n) is 14.3. The Hall–Kier alpha value is -2.32. The SMILES string of the molecule is O=C(c1cnccn1)N1CCc2ccc(S(=O)(=O)NC3CCC3)cc2C1. The third kappa shape index (κ3) is 3.34. The van der Waals surface area contributed by atoms with Crippen LogP contribution in [-0.4, -0.2) is 41.8 Å². The summed E-state index contributed by atoms with van der Waals surface area (Å²) in [6, 6.07) is 5.24. The van der Waals surface area contributed by atoms with Gasteiger partial charge in [-0.2, -0.15) is 0 Å². The molecule has 0 atom stereocenters. The van der Waals surface area contributed by atoms with Gasteiger partial charge in [0, 0.05) is 31.5 Å². The number of sulfonamides is 1. The molecule has 1 aromatic heterocycles. The highest BCUT2D eigenvalue weighted by Gasteiger charge is 2.27. The van der Waals surface area contributed by atoms with E-state index in [1.807, 2.05) is 6.07 Å². The number of amides is 1. The second-order valence-corrected chi connectivity index (χ2v) is 8.46. The molecule has 26 heavy (non-hydrogen) atoms. The van der Waals surface area contributed by atoms with Crippen molar-refractivity contribution >= 4 is 15.9 Å². The van der Waals surface area contributed by atoms with Crippen LogP contribution in [0.3, 0.4) is 0 Å². The van der Waals surface area contributed by atoms with Crippen LogP contribution in [0.25, 0.3) is 0 Å². The second-order valence-electron chi connectivity index (χ2n) is 6.75. The number of hydrogen-bond donors (Lipinski definition) is 1. The first-order valence-electron chi connectivity index (χ1n) is 8.72. The molecule has 8 heteroatoms. The van der Waals surface area contributed by atoms with Crippen molar-refractivity contribution in [2.75, 3.05) is 6.54 Å². The first-order valence-corrected chi connectivity index (χ1v) is 10.2. The van der Waals surface area contributed by atoms with E-state index in [1.165, 1.54) is 18.6 Å². The van der Waals surface area contributed by atoms with E-state index < -0.39 is 10.0 Å². The van der Waals surface area contributed by atoms with Gasteiger partial charge in [-0.15, -0.1) is 0 Å². The molecule has 0 bridgehead atoms. The average molecular weight is 372 g/mol. The van der Waals surface area contributed by atoms with E-state index in [9.17, 15) is 13.2 Å². The van der Waals surface area contributed by atoms with Gasteiger partial charge in [0.05, 0.1) is 11.1 Å². The van der Waals surface area contributed by atoms with Gasteiger partial charge in [-0.25, -0.2) is 18.1 Å².